The van der Waals surface area contributed by atoms with Gasteiger partial charge < -0.3 is 4.74 Å². The fourth-order valence-electron chi connectivity index (χ4n) is 1.96. The van der Waals surface area contributed by atoms with Crippen LogP contribution < -0.4 is 9.46 Å². The molecule has 2 aromatic rings. The highest BCUT2D eigenvalue weighted by Crippen LogP contribution is 2.26. The lowest BCUT2D eigenvalue weighted by Gasteiger charge is -2.13. The second-order valence-corrected chi connectivity index (χ2v) is 6.71. The fourth-order valence-corrected chi connectivity index (χ4v) is 3.03. The predicted molar refractivity (Wildman–Crippen MR) is 89.5 cm³/mol. The number of nitrogens with one attached hydrogen (secondary N) is 1. The van der Waals surface area contributed by atoms with Gasteiger partial charge in [-0.3, -0.25) is 9.52 Å². The Bertz CT molecular complexity index is 782. The van der Waals surface area contributed by atoms with E-state index in [0.29, 0.717) is 23.6 Å². The van der Waals surface area contributed by atoms with E-state index in [1.54, 1.807) is 24.3 Å². The third kappa shape index (κ3) is 4.32. The lowest BCUT2D eigenvalue weighted by atomic mass is 10.2. The minimum Gasteiger partial charge on any atom is -0.491 e. The zero-order valence-corrected chi connectivity index (χ0v) is 13.9. The molecule has 0 aliphatic rings. The number of hydrogen-bond acceptors (Lipinski definition) is 4. The van der Waals surface area contributed by atoms with Gasteiger partial charge in [0.05, 0.1) is 17.2 Å². The molecule has 0 saturated carbocycles. The summed E-state index contributed by atoms with van der Waals surface area (Å²) < 4.78 is 33.0. The first-order chi connectivity index (χ1) is 10.9. The first-order valence-corrected chi connectivity index (χ1v) is 8.78. The van der Waals surface area contributed by atoms with Gasteiger partial charge in [-0.25, -0.2) is 8.42 Å². The van der Waals surface area contributed by atoms with Crippen molar-refractivity contribution < 1.29 is 17.9 Å². The number of ether oxygens (including phenoxy) is 1. The minimum atomic E-state index is -3.74. The summed E-state index contributed by atoms with van der Waals surface area (Å²) in [5.41, 5.74) is 0.854. The van der Waals surface area contributed by atoms with Crippen molar-refractivity contribution in [3.8, 4) is 5.75 Å². The Morgan fingerprint density at radius 1 is 1.09 bits per heavy atom. The van der Waals surface area contributed by atoms with Crippen molar-refractivity contribution in [3.05, 3.63) is 54.1 Å². The van der Waals surface area contributed by atoms with Crippen molar-refractivity contribution in [2.45, 2.75) is 25.2 Å². The Labute approximate surface area is 136 Å². The van der Waals surface area contributed by atoms with Gasteiger partial charge in [0.25, 0.3) is 10.0 Å². The molecule has 0 unspecified atom stereocenters. The number of sulfonamides is 1. The zero-order chi connectivity index (χ0) is 16.9. The van der Waals surface area contributed by atoms with Crippen molar-refractivity contribution in [2.24, 2.45) is 0 Å². The summed E-state index contributed by atoms with van der Waals surface area (Å²) in [6.07, 6.45) is 0.827. The number of carbonyl (C=O) groups excluding carboxylic acids is 1. The summed E-state index contributed by atoms with van der Waals surface area (Å²) in [4.78, 5) is 11.4. The number of carbonyl (C=O) groups is 1. The van der Waals surface area contributed by atoms with E-state index in [-0.39, 0.29) is 10.7 Å². The van der Waals surface area contributed by atoms with Crippen LogP contribution in [0.3, 0.4) is 0 Å². The Morgan fingerprint density at radius 2 is 1.74 bits per heavy atom. The third-order valence-electron chi connectivity index (χ3n) is 3.16. The quantitative estimate of drug-likeness (QED) is 0.787. The molecule has 0 heterocycles. The van der Waals surface area contributed by atoms with E-state index in [2.05, 4.69) is 4.72 Å². The highest BCUT2D eigenvalue weighted by atomic mass is 32.2. The SMILES string of the molecule is CCCOc1ccccc1NS(=O)(=O)c1ccc(C(C)=O)cc1. The minimum absolute atomic E-state index is 0.0906. The second-order valence-electron chi connectivity index (χ2n) is 5.03. The van der Waals surface area contributed by atoms with Crippen LogP contribution in [0.1, 0.15) is 30.6 Å². The lowest BCUT2D eigenvalue weighted by Crippen LogP contribution is -2.14. The average molecular weight is 333 g/mol. The van der Waals surface area contributed by atoms with Gasteiger partial charge in [0.1, 0.15) is 5.75 Å². The van der Waals surface area contributed by atoms with Gasteiger partial charge in [0.2, 0.25) is 0 Å². The Hall–Kier alpha value is -2.34. The van der Waals surface area contributed by atoms with Crippen LogP contribution in [-0.2, 0) is 10.0 Å². The smallest absolute Gasteiger partial charge is 0.262 e. The van der Waals surface area contributed by atoms with Gasteiger partial charge in [0, 0.05) is 5.56 Å². The highest BCUT2D eigenvalue weighted by molar-refractivity contribution is 7.92. The molecule has 0 amide bonds. The summed E-state index contributed by atoms with van der Waals surface area (Å²) in [7, 11) is -3.74. The van der Waals surface area contributed by atoms with Crippen LogP contribution >= 0.6 is 0 Å². The molecule has 0 atom stereocenters. The van der Waals surface area contributed by atoms with Crippen molar-refractivity contribution in [1.29, 1.82) is 0 Å². The van der Waals surface area contributed by atoms with Crippen LogP contribution in [0.5, 0.6) is 5.75 Å². The first-order valence-electron chi connectivity index (χ1n) is 7.29. The van der Waals surface area contributed by atoms with Crippen LogP contribution in [0.2, 0.25) is 0 Å². The molecule has 0 radical (unpaired) electrons. The molecule has 0 bridgehead atoms. The van der Waals surface area contributed by atoms with Gasteiger partial charge in [-0.1, -0.05) is 31.2 Å². The van der Waals surface area contributed by atoms with Gasteiger partial charge in [-0.15, -0.1) is 0 Å². The Morgan fingerprint density at radius 3 is 2.35 bits per heavy atom. The summed E-state index contributed by atoms with van der Waals surface area (Å²) in [6.45, 7) is 3.92. The van der Waals surface area contributed by atoms with Crippen LogP contribution in [0.25, 0.3) is 0 Å². The number of benzene rings is 2. The summed E-state index contributed by atoms with van der Waals surface area (Å²) in [6, 6.07) is 12.7. The maximum Gasteiger partial charge on any atom is 0.262 e. The molecule has 2 rings (SSSR count). The zero-order valence-electron chi connectivity index (χ0n) is 13.1. The maximum atomic E-state index is 12.5. The molecule has 0 aliphatic carbocycles. The molecule has 0 spiro atoms. The Kier molecular flexibility index (Phi) is 5.39. The largest absolute Gasteiger partial charge is 0.491 e. The number of ketones is 1. The summed E-state index contributed by atoms with van der Waals surface area (Å²) in [5.74, 6) is 0.374. The van der Waals surface area contributed by atoms with Crippen molar-refractivity contribution in [1.82, 2.24) is 0 Å². The average Bonchev–Trinajstić information content (AvgIpc) is 2.54. The fraction of sp³-hybridized carbons (Fsp3) is 0.235. The van der Waals surface area contributed by atoms with E-state index in [0.717, 1.165) is 6.42 Å². The summed E-state index contributed by atoms with van der Waals surface area (Å²) >= 11 is 0. The standard InChI is InChI=1S/C17H19NO4S/c1-3-12-22-17-7-5-4-6-16(17)18-23(20,21)15-10-8-14(9-11-15)13(2)19/h4-11,18H,3,12H2,1-2H3. The van der Waals surface area contributed by atoms with E-state index < -0.39 is 10.0 Å². The first kappa shape index (κ1) is 17.0. The molecule has 23 heavy (non-hydrogen) atoms. The number of Topliss-reactive ketones (excluding diaryl/α,β-unsaturated/α-hetero) is 1. The molecule has 0 fully saturated rings. The summed E-state index contributed by atoms with van der Waals surface area (Å²) in [5, 5.41) is 0. The molecular weight excluding hydrogens is 314 g/mol. The van der Waals surface area contributed by atoms with E-state index in [1.165, 1.54) is 31.2 Å². The third-order valence-corrected chi connectivity index (χ3v) is 4.55. The maximum absolute atomic E-state index is 12.5. The van der Waals surface area contributed by atoms with Crippen LogP contribution in [-0.4, -0.2) is 20.8 Å². The van der Waals surface area contributed by atoms with E-state index in [4.69, 9.17) is 4.74 Å². The van der Waals surface area contributed by atoms with Gasteiger partial charge in [0.15, 0.2) is 5.78 Å². The van der Waals surface area contributed by atoms with Crippen LogP contribution in [0.4, 0.5) is 5.69 Å². The number of hydrogen-bond donors (Lipinski definition) is 1. The second kappa shape index (κ2) is 7.28. The lowest BCUT2D eigenvalue weighted by molar-refractivity contribution is 0.101. The molecule has 0 saturated heterocycles. The number of rotatable bonds is 7. The molecule has 1 N–H and O–H groups in total. The van der Waals surface area contributed by atoms with Gasteiger partial charge >= 0.3 is 0 Å². The van der Waals surface area contributed by atoms with E-state index in [9.17, 15) is 13.2 Å². The van der Waals surface area contributed by atoms with Gasteiger partial charge in [-0.2, -0.15) is 0 Å². The molecule has 0 aliphatic heterocycles. The molecule has 0 aromatic heterocycles. The van der Waals surface area contributed by atoms with Crippen LogP contribution in [0, 0.1) is 0 Å². The monoisotopic (exact) mass is 333 g/mol. The van der Waals surface area contributed by atoms with E-state index >= 15 is 0 Å². The number of para-hydroxylation sites is 2. The molecular formula is C17H19NO4S. The molecule has 2 aromatic carbocycles. The Balaban J connectivity index is 2.26. The molecule has 6 heteroatoms. The topological polar surface area (TPSA) is 72.5 Å². The van der Waals surface area contributed by atoms with Crippen molar-refractivity contribution in [2.75, 3.05) is 11.3 Å². The van der Waals surface area contributed by atoms with Crippen LogP contribution in [0.15, 0.2) is 53.4 Å². The molecule has 5 nitrogen and oxygen atoms in total. The van der Waals surface area contributed by atoms with Crippen molar-refractivity contribution >= 4 is 21.5 Å². The van der Waals surface area contributed by atoms with E-state index in [1.807, 2.05) is 6.92 Å². The highest BCUT2D eigenvalue weighted by Gasteiger charge is 2.16. The number of anilines is 1. The van der Waals surface area contributed by atoms with Crippen molar-refractivity contribution in [3.63, 3.8) is 0 Å². The predicted octanol–water partition coefficient (Wildman–Crippen LogP) is 3.48. The normalized spacial score (nSPS) is 11.0. The van der Waals surface area contributed by atoms with Gasteiger partial charge in [-0.05, 0) is 37.6 Å². The molecule has 122 valence electrons.